The van der Waals surface area contributed by atoms with Crippen molar-refractivity contribution in [1.82, 2.24) is 5.32 Å². The number of nitrogens with one attached hydrogen (secondary N) is 1. The lowest BCUT2D eigenvalue weighted by molar-refractivity contribution is 0.576. The third kappa shape index (κ3) is 3.19. The van der Waals surface area contributed by atoms with Crippen molar-refractivity contribution < 1.29 is 4.39 Å². The van der Waals surface area contributed by atoms with Crippen molar-refractivity contribution in [3.63, 3.8) is 0 Å². The summed E-state index contributed by atoms with van der Waals surface area (Å²) in [4.78, 5) is 0. The second kappa shape index (κ2) is 6.35. The largest absolute Gasteiger partial charge is 0.309 e. The predicted molar refractivity (Wildman–Crippen MR) is 84.2 cm³/mol. The summed E-state index contributed by atoms with van der Waals surface area (Å²) in [5.41, 5.74) is 1.50. The molecule has 0 spiro atoms. The van der Waals surface area contributed by atoms with Gasteiger partial charge in [-0.05, 0) is 46.7 Å². The predicted octanol–water partition coefficient (Wildman–Crippen LogP) is 5.31. The van der Waals surface area contributed by atoms with Crippen molar-refractivity contribution in [1.29, 1.82) is 0 Å². The standard InChI is InChI=1S/C14H11Br2ClFN/c1-19-14(8-2-4-9(15)5-3-8)10-6-7-11(16)12(17)13(10)18/h2-7,14,19H,1H3. The molecule has 1 N–H and O–H groups in total. The molecular formula is C14H11Br2ClFN. The van der Waals surface area contributed by atoms with Crippen molar-refractivity contribution in [3.8, 4) is 0 Å². The summed E-state index contributed by atoms with van der Waals surface area (Å²) in [7, 11) is 1.79. The van der Waals surface area contributed by atoms with Crippen molar-refractivity contribution in [3.05, 3.63) is 67.3 Å². The van der Waals surface area contributed by atoms with Crippen molar-refractivity contribution in [2.75, 3.05) is 7.05 Å². The minimum absolute atomic E-state index is 0.106. The lowest BCUT2D eigenvalue weighted by Crippen LogP contribution is -2.19. The molecule has 0 aromatic heterocycles. The van der Waals surface area contributed by atoms with E-state index in [0.717, 1.165) is 10.0 Å². The molecule has 0 bridgehead atoms. The lowest BCUT2D eigenvalue weighted by atomic mass is 9.98. The minimum Gasteiger partial charge on any atom is -0.309 e. The molecule has 0 saturated carbocycles. The van der Waals surface area contributed by atoms with E-state index in [9.17, 15) is 4.39 Å². The molecule has 5 heteroatoms. The highest BCUT2D eigenvalue weighted by Gasteiger charge is 2.19. The zero-order valence-corrected chi connectivity index (χ0v) is 14.0. The first kappa shape index (κ1) is 15.0. The van der Waals surface area contributed by atoms with Gasteiger partial charge in [-0.1, -0.05) is 45.7 Å². The van der Waals surface area contributed by atoms with Gasteiger partial charge in [0, 0.05) is 14.5 Å². The van der Waals surface area contributed by atoms with Crippen LogP contribution in [0.25, 0.3) is 0 Å². The quantitative estimate of drug-likeness (QED) is 0.680. The van der Waals surface area contributed by atoms with Crippen LogP contribution in [-0.4, -0.2) is 7.05 Å². The fourth-order valence-electron chi connectivity index (χ4n) is 1.92. The Morgan fingerprint density at radius 1 is 1.11 bits per heavy atom. The fourth-order valence-corrected chi connectivity index (χ4v) is 2.66. The average molecular weight is 408 g/mol. The van der Waals surface area contributed by atoms with Crippen LogP contribution in [0.3, 0.4) is 0 Å². The van der Waals surface area contributed by atoms with E-state index in [1.807, 2.05) is 24.3 Å². The van der Waals surface area contributed by atoms with Crippen LogP contribution in [0.15, 0.2) is 45.3 Å². The van der Waals surface area contributed by atoms with Crippen LogP contribution in [0.1, 0.15) is 17.2 Å². The molecule has 100 valence electrons. The van der Waals surface area contributed by atoms with Gasteiger partial charge in [-0.3, -0.25) is 0 Å². The minimum atomic E-state index is -0.404. The lowest BCUT2D eigenvalue weighted by Gasteiger charge is -2.19. The second-order valence-corrected chi connectivity index (χ2v) is 6.19. The molecule has 0 aliphatic rings. The number of hydrogen-bond acceptors (Lipinski definition) is 1. The fraction of sp³-hybridized carbons (Fsp3) is 0.143. The molecule has 0 saturated heterocycles. The zero-order valence-electron chi connectivity index (χ0n) is 10.1. The van der Waals surface area contributed by atoms with E-state index < -0.39 is 5.82 Å². The smallest absolute Gasteiger partial charge is 0.148 e. The number of hydrogen-bond donors (Lipinski definition) is 1. The molecule has 0 radical (unpaired) electrons. The van der Waals surface area contributed by atoms with Gasteiger partial charge in [0.1, 0.15) is 5.82 Å². The molecule has 1 nitrogen and oxygen atoms in total. The zero-order chi connectivity index (χ0) is 14.0. The molecule has 0 heterocycles. The van der Waals surface area contributed by atoms with E-state index in [4.69, 9.17) is 11.6 Å². The van der Waals surface area contributed by atoms with Gasteiger partial charge in [0.15, 0.2) is 0 Å². The Labute approximate surface area is 133 Å². The number of halogens is 4. The van der Waals surface area contributed by atoms with E-state index in [-0.39, 0.29) is 11.1 Å². The summed E-state index contributed by atoms with van der Waals surface area (Å²) in [6, 6.07) is 11.0. The topological polar surface area (TPSA) is 12.0 Å². The summed E-state index contributed by atoms with van der Waals surface area (Å²) >= 11 is 12.5. The van der Waals surface area contributed by atoms with Crippen LogP contribution in [0.4, 0.5) is 4.39 Å². The Morgan fingerprint density at radius 3 is 2.32 bits per heavy atom. The maximum absolute atomic E-state index is 14.3. The molecule has 0 amide bonds. The Kier molecular flexibility index (Phi) is 5.01. The van der Waals surface area contributed by atoms with E-state index in [2.05, 4.69) is 37.2 Å². The first-order valence-electron chi connectivity index (χ1n) is 5.60. The van der Waals surface area contributed by atoms with Crippen molar-refractivity contribution in [2.45, 2.75) is 6.04 Å². The van der Waals surface area contributed by atoms with Crippen LogP contribution >= 0.6 is 43.5 Å². The van der Waals surface area contributed by atoms with Crippen molar-refractivity contribution >= 4 is 43.5 Å². The van der Waals surface area contributed by atoms with E-state index in [1.54, 1.807) is 19.2 Å². The van der Waals surface area contributed by atoms with Crippen LogP contribution in [0.2, 0.25) is 5.02 Å². The normalized spacial score (nSPS) is 12.5. The Bertz CT molecular complexity index is 587. The van der Waals surface area contributed by atoms with E-state index in [0.29, 0.717) is 10.0 Å². The van der Waals surface area contributed by atoms with Crippen LogP contribution in [-0.2, 0) is 0 Å². The molecule has 2 aromatic rings. The first-order valence-corrected chi connectivity index (χ1v) is 7.57. The first-order chi connectivity index (χ1) is 9.04. The summed E-state index contributed by atoms with van der Waals surface area (Å²) < 4.78 is 15.8. The second-order valence-electron chi connectivity index (χ2n) is 4.04. The van der Waals surface area contributed by atoms with E-state index >= 15 is 0 Å². The van der Waals surface area contributed by atoms with Gasteiger partial charge in [-0.25, -0.2) is 4.39 Å². The summed E-state index contributed by atoms with van der Waals surface area (Å²) in [5.74, 6) is -0.404. The molecule has 0 aliphatic carbocycles. The van der Waals surface area contributed by atoms with Crippen molar-refractivity contribution in [2.24, 2.45) is 0 Å². The Morgan fingerprint density at radius 2 is 1.74 bits per heavy atom. The molecule has 2 aromatic carbocycles. The Balaban J connectivity index is 2.48. The van der Waals surface area contributed by atoms with Gasteiger partial charge in [0.2, 0.25) is 0 Å². The third-order valence-electron chi connectivity index (χ3n) is 2.87. The summed E-state index contributed by atoms with van der Waals surface area (Å²) in [6.07, 6.45) is 0. The van der Waals surface area contributed by atoms with Gasteiger partial charge in [-0.15, -0.1) is 0 Å². The van der Waals surface area contributed by atoms with Gasteiger partial charge >= 0.3 is 0 Å². The maximum atomic E-state index is 14.3. The van der Waals surface area contributed by atoms with Gasteiger partial charge in [0.25, 0.3) is 0 Å². The summed E-state index contributed by atoms with van der Waals surface area (Å²) in [6.45, 7) is 0. The molecule has 19 heavy (non-hydrogen) atoms. The van der Waals surface area contributed by atoms with Crippen LogP contribution < -0.4 is 5.32 Å². The highest BCUT2D eigenvalue weighted by Crippen LogP contribution is 2.33. The highest BCUT2D eigenvalue weighted by molar-refractivity contribution is 9.10. The maximum Gasteiger partial charge on any atom is 0.148 e. The van der Waals surface area contributed by atoms with Gasteiger partial charge < -0.3 is 5.32 Å². The number of rotatable bonds is 3. The van der Waals surface area contributed by atoms with Gasteiger partial charge in [0.05, 0.1) is 11.1 Å². The molecule has 1 unspecified atom stereocenters. The van der Waals surface area contributed by atoms with Crippen LogP contribution in [0.5, 0.6) is 0 Å². The molecule has 0 fully saturated rings. The highest BCUT2D eigenvalue weighted by atomic mass is 79.9. The monoisotopic (exact) mass is 405 g/mol. The molecule has 2 rings (SSSR count). The molecular weight excluding hydrogens is 396 g/mol. The average Bonchev–Trinajstić information content (AvgIpc) is 2.41. The molecule has 1 atom stereocenters. The third-order valence-corrected chi connectivity index (χ3v) is 4.66. The van der Waals surface area contributed by atoms with Gasteiger partial charge in [-0.2, -0.15) is 0 Å². The summed E-state index contributed by atoms with van der Waals surface area (Å²) in [5, 5.41) is 3.22. The number of benzene rings is 2. The Hall–Kier alpha value is -0.420. The SMILES string of the molecule is CNC(c1ccc(Br)cc1)c1ccc(Br)c(Cl)c1F. The van der Waals surface area contributed by atoms with E-state index in [1.165, 1.54) is 0 Å². The molecule has 0 aliphatic heterocycles. The van der Waals surface area contributed by atoms with Crippen LogP contribution in [0, 0.1) is 5.82 Å².